The molecule has 2 rings (SSSR count). The summed E-state index contributed by atoms with van der Waals surface area (Å²) in [5.41, 5.74) is 5.90. The third-order valence-electron chi connectivity index (χ3n) is 8.21. The van der Waals surface area contributed by atoms with Crippen LogP contribution in [-0.4, -0.2) is 16.4 Å². The molecule has 0 spiro atoms. The molecular formula is C40H64N2O2. The van der Waals surface area contributed by atoms with E-state index in [2.05, 4.69) is 149 Å². The van der Waals surface area contributed by atoms with Gasteiger partial charge in [0.15, 0.2) is 0 Å². The molecule has 0 radical (unpaired) electrons. The molecule has 0 amide bonds. The van der Waals surface area contributed by atoms with Crippen LogP contribution in [0.3, 0.4) is 0 Å². The zero-order valence-corrected chi connectivity index (χ0v) is 30.3. The number of phenols is 2. The van der Waals surface area contributed by atoms with E-state index in [0.717, 1.165) is 47.9 Å². The van der Waals surface area contributed by atoms with Gasteiger partial charge in [-0.15, -0.1) is 0 Å². The Kier molecular flexibility index (Phi) is 12.7. The van der Waals surface area contributed by atoms with Crippen molar-refractivity contribution in [3.63, 3.8) is 0 Å². The van der Waals surface area contributed by atoms with E-state index in [-0.39, 0.29) is 27.8 Å². The maximum absolute atomic E-state index is 11.1. The second-order valence-electron chi connectivity index (χ2n) is 16.7. The maximum Gasteiger partial charge on any atom is 0.123 e. The molecular weight excluding hydrogens is 540 g/mol. The molecule has 4 nitrogen and oxygen atoms in total. The van der Waals surface area contributed by atoms with Crippen LogP contribution in [0.15, 0.2) is 48.8 Å². The zero-order valence-electron chi connectivity index (χ0n) is 30.3. The zero-order chi connectivity index (χ0) is 33.5. The van der Waals surface area contributed by atoms with Gasteiger partial charge in [0.05, 0.1) is 6.17 Å². The predicted molar refractivity (Wildman–Crippen MR) is 191 cm³/mol. The highest BCUT2D eigenvalue weighted by atomic mass is 16.3. The molecule has 0 unspecified atom stereocenters. The maximum atomic E-state index is 11.1. The third kappa shape index (κ3) is 10.9. The lowest BCUT2D eigenvalue weighted by Gasteiger charge is -2.28. The summed E-state index contributed by atoms with van der Waals surface area (Å²) in [7, 11) is 0. The highest BCUT2D eigenvalue weighted by Gasteiger charge is 2.27. The first kappa shape index (κ1) is 37.3. The lowest BCUT2D eigenvalue weighted by Crippen LogP contribution is -2.36. The van der Waals surface area contributed by atoms with Crippen molar-refractivity contribution in [1.82, 2.24) is 10.6 Å². The molecule has 0 bridgehead atoms. The van der Waals surface area contributed by atoms with E-state index in [1.807, 2.05) is 0 Å². The van der Waals surface area contributed by atoms with E-state index >= 15 is 0 Å². The van der Waals surface area contributed by atoms with Crippen LogP contribution in [-0.2, 0) is 34.5 Å². The molecule has 0 aromatic heterocycles. The number of unbranched alkanes of at least 4 members (excludes halogenated alkanes) is 2. The Morgan fingerprint density at radius 2 is 0.886 bits per heavy atom. The standard InChI is InChI=1S/C40H64N2O2/c1-14-15-16-21-34(41-22-17-19-28-24-30(37(2,3)4)35(43)31(25-28)38(5,6)7)42-23-18-20-29-26-32(39(8,9)10)36(44)33(27-29)40(11,12)13/h17-18,22-27,34,41-44H,14-16,19-21H2,1-13H3. The number of rotatable bonds is 12. The van der Waals surface area contributed by atoms with Crippen LogP contribution in [0.4, 0.5) is 0 Å². The summed E-state index contributed by atoms with van der Waals surface area (Å²) in [5, 5.41) is 29.3. The van der Waals surface area contributed by atoms with E-state index in [0.29, 0.717) is 11.5 Å². The van der Waals surface area contributed by atoms with Crippen molar-refractivity contribution in [3.8, 4) is 11.5 Å². The van der Waals surface area contributed by atoms with E-state index in [9.17, 15) is 10.2 Å². The number of hydrogen-bond acceptors (Lipinski definition) is 4. The highest BCUT2D eigenvalue weighted by molar-refractivity contribution is 5.51. The quantitative estimate of drug-likeness (QED) is 0.144. The molecule has 4 heteroatoms. The summed E-state index contributed by atoms with van der Waals surface area (Å²) >= 11 is 0. The largest absolute Gasteiger partial charge is 0.507 e. The predicted octanol–water partition coefficient (Wildman–Crippen LogP) is 10.2. The van der Waals surface area contributed by atoms with Gasteiger partial charge in [-0.3, -0.25) is 0 Å². The first-order valence-corrected chi connectivity index (χ1v) is 16.7. The van der Waals surface area contributed by atoms with Gasteiger partial charge in [0, 0.05) is 0 Å². The summed E-state index contributed by atoms with van der Waals surface area (Å²) in [5.74, 6) is 0.860. The molecule has 0 saturated heterocycles. The Morgan fingerprint density at radius 3 is 1.16 bits per heavy atom. The van der Waals surface area contributed by atoms with Crippen molar-refractivity contribution < 1.29 is 10.2 Å². The molecule has 0 heterocycles. The first-order valence-electron chi connectivity index (χ1n) is 16.7. The minimum atomic E-state index is -0.133. The number of allylic oxidation sites excluding steroid dienone is 2. The highest BCUT2D eigenvalue weighted by Crippen LogP contribution is 2.41. The molecule has 2 aromatic carbocycles. The first-order chi connectivity index (χ1) is 20.2. The van der Waals surface area contributed by atoms with E-state index in [4.69, 9.17) is 0 Å². The number of aromatic hydroxyl groups is 2. The van der Waals surface area contributed by atoms with Crippen LogP contribution in [0.25, 0.3) is 0 Å². The number of benzene rings is 2. The average molecular weight is 605 g/mol. The molecule has 44 heavy (non-hydrogen) atoms. The lowest BCUT2D eigenvalue weighted by atomic mass is 9.78. The summed E-state index contributed by atoms with van der Waals surface area (Å²) < 4.78 is 0. The van der Waals surface area contributed by atoms with Gasteiger partial charge in [0.2, 0.25) is 0 Å². The van der Waals surface area contributed by atoms with Gasteiger partial charge in [-0.2, -0.15) is 0 Å². The second kappa shape index (κ2) is 14.9. The van der Waals surface area contributed by atoms with Gasteiger partial charge in [0.25, 0.3) is 0 Å². The van der Waals surface area contributed by atoms with Crippen LogP contribution in [0.2, 0.25) is 0 Å². The van der Waals surface area contributed by atoms with Gasteiger partial charge < -0.3 is 20.8 Å². The van der Waals surface area contributed by atoms with Crippen LogP contribution < -0.4 is 10.6 Å². The van der Waals surface area contributed by atoms with Crippen molar-refractivity contribution in [2.45, 2.75) is 156 Å². The van der Waals surface area contributed by atoms with Crippen molar-refractivity contribution in [1.29, 1.82) is 0 Å². The smallest absolute Gasteiger partial charge is 0.123 e. The minimum absolute atomic E-state index is 0.133. The monoisotopic (exact) mass is 604 g/mol. The Morgan fingerprint density at radius 1 is 0.568 bits per heavy atom. The molecule has 246 valence electrons. The fourth-order valence-electron chi connectivity index (χ4n) is 5.48. The summed E-state index contributed by atoms with van der Waals surface area (Å²) in [4.78, 5) is 0. The van der Waals surface area contributed by atoms with Gasteiger partial charge >= 0.3 is 0 Å². The lowest BCUT2D eigenvalue weighted by molar-refractivity contribution is 0.422. The van der Waals surface area contributed by atoms with Gasteiger partial charge in [0.1, 0.15) is 11.5 Å². The Labute approximate surface area is 270 Å². The Hall–Kier alpha value is -2.88. The summed E-state index contributed by atoms with van der Waals surface area (Å²) in [6.45, 7) is 28.1. The van der Waals surface area contributed by atoms with Crippen LogP contribution in [0.5, 0.6) is 11.5 Å². The summed E-state index contributed by atoms with van der Waals surface area (Å²) in [6, 6.07) is 8.64. The summed E-state index contributed by atoms with van der Waals surface area (Å²) in [6.07, 6.45) is 14.8. The SMILES string of the molecule is CCCCCC(NC=CCc1cc(C(C)(C)C)c(O)c(C(C)(C)C)c1)NC=CCc1cc(C(C)(C)C)c(O)c(C(C)(C)C)c1. The molecule has 0 atom stereocenters. The molecule has 0 aliphatic heterocycles. The van der Waals surface area contributed by atoms with Crippen LogP contribution in [0.1, 0.15) is 149 Å². The van der Waals surface area contributed by atoms with E-state index in [1.54, 1.807) is 0 Å². The topological polar surface area (TPSA) is 64.5 Å². The average Bonchev–Trinajstić information content (AvgIpc) is 2.87. The van der Waals surface area contributed by atoms with Crippen LogP contribution >= 0.6 is 0 Å². The van der Waals surface area contributed by atoms with Crippen molar-refractivity contribution in [2.24, 2.45) is 0 Å². The van der Waals surface area contributed by atoms with Crippen LogP contribution in [0, 0.1) is 0 Å². The van der Waals surface area contributed by atoms with Gasteiger partial charge in [-0.1, -0.05) is 139 Å². The van der Waals surface area contributed by atoms with Crippen molar-refractivity contribution in [2.75, 3.05) is 0 Å². The van der Waals surface area contributed by atoms with Crippen molar-refractivity contribution >= 4 is 0 Å². The fourth-order valence-corrected chi connectivity index (χ4v) is 5.48. The minimum Gasteiger partial charge on any atom is -0.507 e. The number of phenolic OH excluding ortho intramolecular Hbond substituents is 2. The molecule has 0 fully saturated rings. The molecule has 0 aliphatic carbocycles. The van der Waals surface area contributed by atoms with Gasteiger partial charge in [-0.25, -0.2) is 0 Å². The Bertz CT molecular complexity index is 1110. The number of hydrogen-bond donors (Lipinski definition) is 4. The second-order valence-corrected chi connectivity index (χ2v) is 16.7. The normalized spacial score (nSPS) is 14.0. The molecule has 0 saturated carbocycles. The third-order valence-corrected chi connectivity index (χ3v) is 8.21. The van der Waals surface area contributed by atoms with Crippen molar-refractivity contribution in [3.05, 3.63) is 82.2 Å². The fraction of sp³-hybridized carbons (Fsp3) is 0.600. The molecule has 2 aromatic rings. The van der Waals surface area contributed by atoms with E-state index < -0.39 is 0 Å². The van der Waals surface area contributed by atoms with Gasteiger partial charge in [-0.05, 0) is 93.1 Å². The molecule has 4 N–H and O–H groups in total. The molecule has 0 aliphatic rings. The number of nitrogens with one attached hydrogen (secondary N) is 2. The van der Waals surface area contributed by atoms with E-state index in [1.165, 1.54) is 24.0 Å². The Balaban J connectivity index is 2.17.